The molecule has 0 amide bonds. The van der Waals surface area contributed by atoms with E-state index in [1.54, 1.807) is 36.4 Å². The van der Waals surface area contributed by atoms with Crippen LogP contribution in [0.1, 0.15) is 5.69 Å². The van der Waals surface area contributed by atoms with E-state index >= 15 is 0 Å². The number of fused-ring (bicyclic) bond motifs is 1. The number of nitrogens with one attached hydrogen (secondary N) is 2. The van der Waals surface area contributed by atoms with Crippen molar-refractivity contribution in [2.45, 2.75) is 11.4 Å². The van der Waals surface area contributed by atoms with Crippen molar-refractivity contribution in [2.75, 3.05) is 5.32 Å². The number of nitrogens with zero attached hydrogens (tertiary/aromatic N) is 2. The summed E-state index contributed by atoms with van der Waals surface area (Å²) in [6, 6.07) is 13.9. The lowest BCUT2D eigenvalue weighted by atomic mass is 10.2. The number of hydrogen-bond acceptors (Lipinski definition) is 5. The Kier molecular flexibility index (Phi) is 5.08. The number of pyridine rings is 1. The molecule has 2 aromatic carbocycles. The lowest BCUT2D eigenvalue weighted by Crippen LogP contribution is -2.40. The SMILES string of the molecule is O=S1(=O)NC(=NCc2cc(F)ccn2)Nc2c(Oc3ccccc3Cl)cccc21. The van der Waals surface area contributed by atoms with Gasteiger partial charge >= 0.3 is 0 Å². The molecule has 1 aliphatic heterocycles. The van der Waals surface area contributed by atoms with Gasteiger partial charge in [0.15, 0.2) is 5.75 Å². The van der Waals surface area contributed by atoms with E-state index in [4.69, 9.17) is 16.3 Å². The molecule has 2 N–H and O–H groups in total. The average molecular weight is 433 g/mol. The van der Waals surface area contributed by atoms with Gasteiger partial charge in [0, 0.05) is 6.20 Å². The third-order valence-corrected chi connectivity index (χ3v) is 5.68. The van der Waals surface area contributed by atoms with E-state index in [-0.39, 0.29) is 28.8 Å². The summed E-state index contributed by atoms with van der Waals surface area (Å²) in [7, 11) is -3.88. The van der Waals surface area contributed by atoms with Gasteiger partial charge in [-0.25, -0.2) is 22.5 Å². The molecule has 0 fully saturated rings. The summed E-state index contributed by atoms with van der Waals surface area (Å²) in [6.45, 7) is -0.0223. The number of hydrogen-bond donors (Lipinski definition) is 2. The minimum absolute atomic E-state index is 0.00452. The van der Waals surface area contributed by atoms with E-state index < -0.39 is 15.8 Å². The Morgan fingerprint density at radius 2 is 1.90 bits per heavy atom. The maximum absolute atomic E-state index is 13.3. The van der Waals surface area contributed by atoms with Gasteiger partial charge in [-0.15, -0.1) is 0 Å². The van der Waals surface area contributed by atoms with E-state index in [0.717, 1.165) is 0 Å². The van der Waals surface area contributed by atoms with Gasteiger partial charge in [-0.05, 0) is 36.4 Å². The number of aromatic nitrogens is 1. The molecule has 29 heavy (non-hydrogen) atoms. The van der Waals surface area contributed by atoms with Crippen LogP contribution in [-0.4, -0.2) is 19.4 Å². The van der Waals surface area contributed by atoms with Crippen LogP contribution in [0.4, 0.5) is 10.1 Å². The predicted octanol–water partition coefficient (Wildman–Crippen LogP) is 3.93. The number of aliphatic imine (C=N–C) groups is 1. The first-order valence-electron chi connectivity index (χ1n) is 8.42. The van der Waals surface area contributed by atoms with Crippen LogP contribution in [0.25, 0.3) is 0 Å². The Labute approximate surface area is 171 Å². The second kappa shape index (κ2) is 7.69. The molecule has 0 saturated carbocycles. The van der Waals surface area contributed by atoms with Gasteiger partial charge in [0.1, 0.15) is 22.1 Å². The highest BCUT2D eigenvalue weighted by molar-refractivity contribution is 7.90. The van der Waals surface area contributed by atoms with Crippen molar-refractivity contribution >= 4 is 33.3 Å². The van der Waals surface area contributed by atoms with E-state index in [2.05, 4.69) is 20.0 Å². The van der Waals surface area contributed by atoms with E-state index in [0.29, 0.717) is 16.5 Å². The molecule has 3 aromatic rings. The van der Waals surface area contributed by atoms with Crippen molar-refractivity contribution in [2.24, 2.45) is 4.99 Å². The summed E-state index contributed by atoms with van der Waals surface area (Å²) in [5, 5.41) is 3.30. The fourth-order valence-electron chi connectivity index (χ4n) is 2.68. The lowest BCUT2D eigenvalue weighted by molar-refractivity contribution is 0.483. The maximum Gasteiger partial charge on any atom is 0.266 e. The van der Waals surface area contributed by atoms with E-state index in [1.807, 2.05) is 0 Å². The zero-order valence-electron chi connectivity index (χ0n) is 14.8. The molecular weight excluding hydrogens is 419 g/mol. The number of guanidine groups is 1. The van der Waals surface area contributed by atoms with Crippen molar-refractivity contribution in [1.29, 1.82) is 0 Å². The second-order valence-corrected chi connectivity index (χ2v) is 8.08. The normalized spacial score (nSPS) is 15.9. The molecule has 0 aliphatic carbocycles. The Balaban J connectivity index is 1.68. The third kappa shape index (κ3) is 4.15. The van der Waals surface area contributed by atoms with Crippen LogP contribution < -0.4 is 14.8 Å². The summed E-state index contributed by atoms with van der Waals surface area (Å²) < 4.78 is 46.7. The number of anilines is 1. The number of benzene rings is 2. The molecule has 1 aliphatic rings. The lowest BCUT2D eigenvalue weighted by Gasteiger charge is -2.23. The molecule has 1 aromatic heterocycles. The van der Waals surface area contributed by atoms with Crippen LogP contribution in [0.3, 0.4) is 0 Å². The first-order chi connectivity index (χ1) is 13.9. The minimum Gasteiger partial charge on any atom is -0.454 e. The highest BCUT2D eigenvalue weighted by Crippen LogP contribution is 2.38. The highest BCUT2D eigenvalue weighted by Gasteiger charge is 2.29. The van der Waals surface area contributed by atoms with Crippen LogP contribution in [0, 0.1) is 5.82 Å². The van der Waals surface area contributed by atoms with Crippen molar-refractivity contribution in [3.63, 3.8) is 0 Å². The fourth-order valence-corrected chi connectivity index (χ4v) is 4.01. The number of halogens is 2. The number of ether oxygens (including phenoxy) is 1. The van der Waals surface area contributed by atoms with Crippen LogP contribution in [0.5, 0.6) is 11.5 Å². The topological polar surface area (TPSA) is 92.7 Å². The monoisotopic (exact) mass is 432 g/mol. The first kappa shape index (κ1) is 19.2. The van der Waals surface area contributed by atoms with Gasteiger partial charge in [0.25, 0.3) is 10.0 Å². The summed E-state index contributed by atoms with van der Waals surface area (Å²) in [6.07, 6.45) is 1.31. The second-order valence-electron chi connectivity index (χ2n) is 6.02. The van der Waals surface area contributed by atoms with Gasteiger partial charge in [0.2, 0.25) is 5.96 Å². The fraction of sp³-hybridized carbons (Fsp3) is 0.0526. The zero-order valence-corrected chi connectivity index (χ0v) is 16.3. The Hall–Kier alpha value is -3.17. The number of rotatable bonds is 4. The Morgan fingerprint density at radius 1 is 1.10 bits per heavy atom. The molecular formula is C19H14ClFN4O3S. The number of sulfonamides is 1. The van der Waals surface area contributed by atoms with Crippen molar-refractivity contribution in [3.8, 4) is 11.5 Å². The molecule has 0 saturated heterocycles. The van der Waals surface area contributed by atoms with Crippen molar-refractivity contribution in [3.05, 3.63) is 77.3 Å². The predicted molar refractivity (Wildman–Crippen MR) is 107 cm³/mol. The maximum atomic E-state index is 13.3. The zero-order chi connectivity index (χ0) is 20.4. The number of para-hydroxylation sites is 2. The van der Waals surface area contributed by atoms with E-state index in [9.17, 15) is 12.8 Å². The largest absolute Gasteiger partial charge is 0.454 e. The Bertz CT molecular complexity index is 1220. The van der Waals surface area contributed by atoms with Gasteiger partial charge in [-0.2, -0.15) is 0 Å². The quantitative estimate of drug-likeness (QED) is 0.651. The molecule has 0 spiro atoms. The molecule has 7 nitrogen and oxygen atoms in total. The van der Waals surface area contributed by atoms with E-state index in [1.165, 1.54) is 24.4 Å². The molecule has 0 bridgehead atoms. The first-order valence-corrected chi connectivity index (χ1v) is 10.3. The van der Waals surface area contributed by atoms with Crippen LogP contribution >= 0.6 is 11.6 Å². The molecule has 0 radical (unpaired) electrons. The van der Waals surface area contributed by atoms with Gasteiger partial charge < -0.3 is 10.1 Å². The molecule has 148 valence electrons. The Morgan fingerprint density at radius 3 is 2.69 bits per heavy atom. The van der Waals surface area contributed by atoms with Crippen LogP contribution in [0.15, 0.2) is 70.7 Å². The van der Waals surface area contributed by atoms with Gasteiger partial charge in [-0.3, -0.25) is 4.98 Å². The minimum atomic E-state index is -3.88. The van der Waals surface area contributed by atoms with Crippen LogP contribution in [-0.2, 0) is 16.6 Å². The summed E-state index contributed by atoms with van der Waals surface area (Å²) in [5.41, 5.74) is 0.571. The summed E-state index contributed by atoms with van der Waals surface area (Å²) >= 11 is 6.14. The molecule has 0 atom stereocenters. The molecule has 4 rings (SSSR count). The van der Waals surface area contributed by atoms with Crippen molar-refractivity contribution < 1.29 is 17.5 Å². The van der Waals surface area contributed by atoms with Crippen molar-refractivity contribution in [1.82, 2.24) is 9.71 Å². The standard InChI is InChI=1S/C19H14ClFN4O3S/c20-14-4-1-2-5-15(14)28-16-6-3-7-17-18(16)24-19(25-29(17,26)27)23-11-13-10-12(21)8-9-22-13/h1-10H,11H2,(H2,23,24,25). The summed E-state index contributed by atoms with van der Waals surface area (Å²) in [4.78, 5) is 8.16. The van der Waals surface area contributed by atoms with Gasteiger partial charge in [-0.1, -0.05) is 29.8 Å². The molecule has 2 heterocycles. The highest BCUT2D eigenvalue weighted by atomic mass is 35.5. The van der Waals surface area contributed by atoms with Crippen LogP contribution in [0.2, 0.25) is 5.02 Å². The third-order valence-electron chi connectivity index (χ3n) is 3.99. The molecule has 0 unspecified atom stereocenters. The molecule has 10 heteroatoms. The summed E-state index contributed by atoms with van der Waals surface area (Å²) in [5.74, 6) is 0.159. The smallest absolute Gasteiger partial charge is 0.266 e. The van der Waals surface area contributed by atoms with Gasteiger partial charge in [0.05, 0.1) is 17.3 Å². The average Bonchev–Trinajstić information content (AvgIpc) is 2.68.